The van der Waals surface area contributed by atoms with Crippen LogP contribution < -0.4 is 33.2 Å². The lowest BCUT2D eigenvalue weighted by Gasteiger charge is -2.23. The van der Waals surface area contributed by atoms with Gasteiger partial charge in [-0.15, -0.1) is 0 Å². The third-order valence-electron chi connectivity index (χ3n) is 4.89. The molecule has 0 aliphatic heterocycles. The van der Waals surface area contributed by atoms with Gasteiger partial charge < -0.3 is 38.3 Å². The Morgan fingerprint density at radius 1 is 1.03 bits per heavy atom. The van der Waals surface area contributed by atoms with Crippen molar-refractivity contribution in [1.29, 1.82) is 0 Å². The fraction of sp³-hybridized carbons (Fsp3) is 0.500. The lowest BCUT2D eigenvalue weighted by Crippen LogP contribution is -2.54. The van der Waals surface area contributed by atoms with E-state index in [1.807, 2.05) is 30.3 Å². The van der Waals surface area contributed by atoms with E-state index < -0.39 is 48.4 Å². The molecule has 34 heavy (non-hydrogen) atoms. The van der Waals surface area contributed by atoms with E-state index in [9.17, 15) is 24.3 Å². The van der Waals surface area contributed by atoms with Gasteiger partial charge in [-0.25, -0.2) is 4.79 Å². The molecule has 12 heteroatoms. The highest BCUT2D eigenvalue weighted by atomic mass is 16.4. The summed E-state index contributed by atoms with van der Waals surface area (Å²) in [5.41, 5.74) is 17.4. The number of nitrogens with two attached hydrogens (primary N) is 3. The quantitative estimate of drug-likeness (QED) is 0.0942. The molecule has 3 amide bonds. The number of carbonyl (C=O) groups is 4. The number of hydrogen-bond acceptors (Lipinski definition) is 6. The number of rotatable bonds is 14. The van der Waals surface area contributed by atoms with E-state index in [4.69, 9.17) is 17.2 Å². The molecule has 10 N–H and O–H groups in total. The number of carboxylic acid groups (broad SMARTS) is 1. The zero-order chi connectivity index (χ0) is 25.7. The predicted molar refractivity (Wildman–Crippen MR) is 127 cm³/mol. The summed E-state index contributed by atoms with van der Waals surface area (Å²) in [6.45, 7) is 3.13. The van der Waals surface area contributed by atoms with E-state index in [2.05, 4.69) is 20.9 Å². The van der Waals surface area contributed by atoms with Crippen molar-refractivity contribution in [2.75, 3.05) is 13.1 Å². The number of nitrogens with zero attached hydrogens (tertiary/aromatic N) is 1. The second-order valence-electron chi connectivity index (χ2n) is 8.15. The Bertz CT molecular complexity index is 856. The van der Waals surface area contributed by atoms with Crippen LogP contribution >= 0.6 is 0 Å². The molecule has 0 saturated carbocycles. The van der Waals surface area contributed by atoms with Gasteiger partial charge in [-0.3, -0.25) is 19.4 Å². The van der Waals surface area contributed by atoms with Gasteiger partial charge in [-0.2, -0.15) is 0 Å². The van der Waals surface area contributed by atoms with Crippen molar-refractivity contribution in [2.45, 2.75) is 51.2 Å². The molecule has 1 rings (SSSR count). The van der Waals surface area contributed by atoms with Gasteiger partial charge in [-0.1, -0.05) is 44.2 Å². The van der Waals surface area contributed by atoms with Crippen molar-refractivity contribution in [1.82, 2.24) is 16.0 Å². The maximum absolute atomic E-state index is 12.7. The molecule has 0 spiro atoms. The normalized spacial score (nSPS) is 13.3. The molecule has 0 heterocycles. The van der Waals surface area contributed by atoms with Crippen molar-refractivity contribution in [3.63, 3.8) is 0 Å². The van der Waals surface area contributed by atoms with Crippen LogP contribution in [0, 0.1) is 5.92 Å². The van der Waals surface area contributed by atoms with E-state index in [1.165, 1.54) is 0 Å². The molecule has 3 unspecified atom stereocenters. The summed E-state index contributed by atoms with van der Waals surface area (Å²) in [5, 5.41) is 16.7. The first-order chi connectivity index (χ1) is 16.0. The maximum Gasteiger partial charge on any atom is 0.326 e. The Balaban J connectivity index is 2.69. The second kappa shape index (κ2) is 14.5. The lowest BCUT2D eigenvalue weighted by atomic mass is 10.0. The van der Waals surface area contributed by atoms with Gasteiger partial charge in [0.1, 0.15) is 12.1 Å². The van der Waals surface area contributed by atoms with Crippen molar-refractivity contribution in [2.24, 2.45) is 28.1 Å². The summed E-state index contributed by atoms with van der Waals surface area (Å²) in [5.74, 6) is -3.47. The zero-order valence-electron chi connectivity index (χ0n) is 19.5. The van der Waals surface area contributed by atoms with Crippen LogP contribution in [0.3, 0.4) is 0 Å². The van der Waals surface area contributed by atoms with Crippen LogP contribution in [0.1, 0.15) is 32.3 Å². The fourth-order valence-electron chi connectivity index (χ4n) is 3.04. The highest BCUT2D eigenvalue weighted by Crippen LogP contribution is 2.05. The maximum atomic E-state index is 12.7. The smallest absolute Gasteiger partial charge is 0.326 e. The number of carboxylic acids is 1. The summed E-state index contributed by atoms with van der Waals surface area (Å²) < 4.78 is 0. The number of nitrogens with one attached hydrogen (secondary N) is 3. The predicted octanol–water partition coefficient (Wildman–Crippen LogP) is -1.56. The highest BCUT2D eigenvalue weighted by molar-refractivity contribution is 5.92. The van der Waals surface area contributed by atoms with Crippen LogP contribution in [-0.2, 0) is 25.6 Å². The topological polar surface area (TPSA) is 215 Å². The monoisotopic (exact) mass is 477 g/mol. The van der Waals surface area contributed by atoms with E-state index >= 15 is 0 Å². The average molecular weight is 478 g/mol. The minimum absolute atomic E-state index is 0.106. The first-order valence-electron chi connectivity index (χ1n) is 11.0. The third kappa shape index (κ3) is 10.8. The van der Waals surface area contributed by atoms with Crippen molar-refractivity contribution in [3.8, 4) is 0 Å². The van der Waals surface area contributed by atoms with Crippen LogP contribution in [-0.4, -0.2) is 66.0 Å². The Kier molecular flexibility index (Phi) is 12.1. The molecule has 1 aromatic rings. The summed E-state index contributed by atoms with van der Waals surface area (Å²) in [6.07, 6.45) is 0.806. The Morgan fingerprint density at radius 2 is 1.68 bits per heavy atom. The Morgan fingerprint density at radius 3 is 2.24 bits per heavy atom. The molecule has 0 radical (unpaired) electrons. The van der Waals surface area contributed by atoms with Crippen molar-refractivity contribution in [3.05, 3.63) is 35.9 Å². The molecule has 0 aromatic heterocycles. The highest BCUT2D eigenvalue weighted by Gasteiger charge is 2.28. The van der Waals surface area contributed by atoms with Gasteiger partial charge in [0, 0.05) is 6.54 Å². The van der Waals surface area contributed by atoms with Crippen LogP contribution in [0.25, 0.3) is 0 Å². The summed E-state index contributed by atoms with van der Waals surface area (Å²) >= 11 is 0. The summed E-state index contributed by atoms with van der Waals surface area (Å²) in [4.78, 5) is 52.6. The number of aliphatic imine (C=N–C) groups is 1. The SMILES string of the molecule is CC(C)C(NC(=O)C(CCCN=C(N)N)NC(=O)CNC(=O)C(N)Cc1ccccc1)C(=O)O. The van der Waals surface area contributed by atoms with E-state index in [0.717, 1.165) is 5.56 Å². The minimum atomic E-state index is -1.19. The molecule has 12 nitrogen and oxygen atoms in total. The lowest BCUT2D eigenvalue weighted by molar-refractivity contribution is -0.143. The van der Waals surface area contributed by atoms with Gasteiger partial charge in [0.25, 0.3) is 0 Å². The number of aliphatic carboxylic acids is 1. The number of amides is 3. The van der Waals surface area contributed by atoms with Crippen LogP contribution in [0.2, 0.25) is 0 Å². The molecular weight excluding hydrogens is 442 g/mol. The number of carbonyl (C=O) groups excluding carboxylic acids is 3. The number of benzene rings is 1. The van der Waals surface area contributed by atoms with Crippen molar-refractivity contribution >= 4 is 29.7 Å². The van der Waals surface area contributed by atoms with E-state index in [1.54, 1.807) is 13.8 Å². The molecule has 188 valence electrons. The third-order valence-corrected chi connectivity index (χ3v) is 4.89. The fourth-order valence-corrected chi connectivity index (χ4v) is 3.04. The zero-order valence-corrected chi connectivity index (χ0v) is 19.5. The second-order valence-corrected chi connectivity index (χ2v) is 8.15. The van der Waals surface area contributed by atoms with Crippen LogP contribution in [0.15, 0.2) is 35.3 Å². The largest absolute Gasteiger partial charge is 0.480 e. The number of hydrogen-bond donors (Lipinski definition) is 7. The van der Waals surface area contributed by atoms with Crippen LogP contribution in [0.5, 0.6) is 0 Å². The van der Waals surface area contributed by atoms with E-state index in [0.29, 0.717) is 12.8 Å². The average Bonchev–Trinajstić information content (AvgIpc) is 2.77. The molecule has 0 saturated heterocycles. The molecule has 0 fully saturated rings. The first kappa shape index (κ1) is 28.4. The van der Waals surface area contributed by atoms with E-state index in [-0.39, 0.29) is 24.8 Å². The number of guanidine groups is 1. The molecule has 0 bridgehead atoms. The van der Waals surface area contributed by atoms with Crippen molar-refractivity contribution < 1.29 is 24.3 Å². The molecule has 3 atom stereocenters. The summed E-state index contributed by atoms with van der Waals surface area (Å²) in [7, 11) is 0. The van der Waals surface area contributed by atoms with Gasteiger partial charge in [0.2, 0.25) is 17.7 Å². The standard InChI is InChI=1S/C22H35N7O5/c1-13(2)18(21(33)34)29-20(32)16(9-6-10-26-22(24)25)28-17(30)12-27-19(31)15(23)11-14-7-4-3-5-8-14/h3-5,7-8,13,15-16,18H,6,9-12,23H2,1-2H3,(H,27,31)(H,28,30)(H,29,32)(H,33,34)(H4,24,25,26). The van der Waals surface area contributed by atoms with Gasteiger partial charge in [0.05, 0.1) is 12.6 Å². The van der Waals surface area contributed by atoms with Gasteiger partial charge in [0.15, 0.2) is 5.96 Å². The molecular formula is C22H35N7O5. The van der Waals surface area contributed by atoms with Gasteiger partial charge in [-0.05, 0) is 30.7 Å². The summed E-state index contributed by atoms with van der Waals surface area (Å²) in [6, 6.07) is 6.18. The van der Waals surface area contributed by atoms with Gasteiger partial charge >= 0.3 is 5.97 Å². The Labute approximate surface area is 198 Å². The Hall–Kier alpha value is -3.67. The molecule has 0 aliphatic rings. The molecule has 0 aliphatic carbocycles. The first-order valence-corrected chi connectivity index (χ1v) is 11.0. The minimum Gasteiger partial charge on any atom is -0.480 e. The van der Waals surface area contributed by atoms with Crippen LogP contribution in [0.4, 0.5) is 0 Å². The molecule has 1 aromatic carbocycles.